The summed E-state index contributed by atoms with van der Waals surface area (Å²) in [5.74, 6) is 0.495. The number of anilines is 2. The van der Waals surface area contributed by atoms with Gasteiger partial charge in [-0.2, -0.15) is 13.2 Å². The Morgan fingerprint density at radius 1 is 1.03 bits per heavy atom. The van der Waals surface area contributed by atoms with Crippen molar-refractivity contribution in [3.05, 3.63) is 74.6 Å². The molecule has 3 rings (SSSR count). The molecular weight excluding hydrogens is 576 g/mol. The number of aromatic nitrogens is 1. The van der Waals surface area contributed by atoms with Crippen LogP contribution in [0.4, 0.5) is 29.3 Å². The first-order chi connectivity index (χ1) is 15.6. The fraction of sp³-hybridized carbons (Fsp3) is 0.0952. The lowest BCUT2D eigenvalue weighted by Crippen LogP contribution is -2.20. The van der Waals surface area contributed by atoms with Gasteiger partial charge in [-0.25, -0.2) is 4.79 Å². The van der Waals surface area contributed by atoms with E-state index in [0.717, 1.165) is 12.1 Å². The molecule has 0 unspecified atom stereocenters. The summed E-state index contributed by atoms with van der Waals surface area (Å²) in [6.45, 7) is 0. The lowest BCUT2D eigenvalue weighted by atomic mass is 10.2. The van der Waals surface area contributed by atoms with E-state index in [1.54, 1.807) is 24.3 Å². The highest BCUT2D eigenvalue weighted by Gasteiger charge is 2.33. The van der Waals surface area contributed by atoms with Crippen LogP contribution in [0.3, 0.4) is 0 Å². The summed E-state index contributed by atoms with van der Waals surface area (Å²) >= 11 is 7.58. The summed E-state index contributed by atoms with van der Waals surface area (Å²) in [6, 6.07) is 10.2. The van der Waals surface area contributed by atoms with Gasteiger partial charge in [0.15, 0.2) is 0 Å². The lowest BCUT2D eigenvalue weighted by Gasteiger charge is -2.13. The van der Waals surface area contributed by atoms with E-state index in [9.17, 15) is 22.8 Å². The second-order valence-electron chi connectivity index (χ2n) is 6.47. The monoisotopic (exact) mass is 590 g/mol. The highest BCUT2D eigenvalue weighted by Crippen LogP contribution is 2.36. The number of pyridine rings is 1. The van der Waals surface area contributed by atoms with Crippen molar-refractivity contribution in [2.45, 2.75) is 6.18 Å². The van der Waals surface area contributed by atoms with Gasteiger partial charge in [0.05, 0.1) is 14.2 Å². The Kier molecular flexibility index (Phi) is 7.64. The summed E-state index contributed by atoms with van der Waals surface area (Å²) < 4.78 is 45.4. The van der Waals surface area contributed by atoms with Gasteiger partial charge < -0.3 is 20.7 Å². The Morgan fingerprint density at radius 2 is 1.70 bits per heavy atom. The molecule has 3 amide bonds. The van der Waals surface area contributed by atoms with Crippen molar-refractivity contribution in [1.29, 1.82) is 0 Å². The zero-order valence-electron chi connectivity index (χ0n) is 16.8. The molecule has 0 aliphatic rings. The number of hydrogen-bond donors (Lipinski definition) is 3. The van der Waals surface area contributed by atoms with E-state index in [2.05, 4.69) is 20.9 Å². The molecule has 12 heteroatoms. The summed E-state index contributed by atoms with van der Waals surface area (Å²) in [5, 5.41) is 6.89. The number of carbonyl (C=O) groups is 2. The Balaban J connectivity index is 1.68. The summed E-state index contributed by atoms with van der Waals surface area (Å²) in [7, 11) is 1.49. The predicted octanol–water partition coefficient (Wildman–Crippen LogP) is 6.15. The van der Waals surface area contributed by atoms with Crippen LogP contribution in [0.25, 0.3) is 0 Å². The largest absolute Gasteiger partial charge is 0.456 e. The van der Waals surface area contributed by atoms with E-state index in [-0.39, 0.29) is 17.3 Å². The first-order valence-corrected chi connectivity index (χ1v) is 10.6. The van der Waals surface area contributed by atoms with Crippen molar-refractivity contribution in [2.75, 3.05) is 17.7 Å². The normalized spacial score (nSPS) is 11.0. The van der Waals surface area contributed by atoms with Crippen LogP contribution in [0.5, 0.6) is 11.5 Å². The Morgan fingerprint density at radius 3 is 2.33 bits per heavy atom. The smallest absolute Gasteiger partial charge is 0.417 e. The number of halogens is 5. The summed E-state index contributed by atoms with van der Waals surface area (Å²) in [6.07, 6.45) is -3.21. The van der Waals surface area contributed by atoms with Gasteiger partial charge in [-0.1, -0.05) is 11.6 Å². The highest BCUT2D eigenvalue weighted by molar-refractivity contribution is 14.1. The number of hydrogen-bond acceptors (Lipinski definition) is 4. The number of ether oxygens (including phenoxy) is 1. The van der Waals surface area contributed by atoms with Crippen molar-refractivity contribution in [1.82, 2.24) is 10.3 Å². The van der Waals surface area contributed by atoms with Gasteiger partial charge in [-0.15, -0.1) is 0 Å². The minimum absolute atomic E-state index is 0.0662. The van der Waals surface area contributed by atoms with Crippen LogP contribution >= 0.6 is 34.2 Å². The van der Waals surface area contributed by atoms with Crippen LogP contribution in [0, 0.1) is 3.57 Å². The number of benzene rings is 2. The number of carbonyl (C=O) groups excluding carboxylic acids is 2. The molecule has 1 heterocycles. The summed E-state index contributed by atoms with van der Waals surface area (Å²) in [4.78, 5) is 27.9. The molecule has 0 aliphatic carbocycles. The molecule has 0 bridgehead atoms. The SMILES string of the molecule is CNC(=O)c1cc(Oc2ccc(NC(=O)Nc3ccc(Cl)c(C(F)(F)F)c3)cc2I)ccn1. The molecule has 0 radical (unpaired) electrons. The standard InChI is InChI=1S/C21H15ClF3IN4O3/c1-27-19(31)17-10-13(6-7-28-17)33-18-5-3-12(9-16(18)26)30-20(32)29-11-2-4-15(22)14(8-11)21(23,24)25/h2-10H,1H3,(H,27,31)(H2,29,30,32). The van der Waals surface area contributed by atoms with E-state index in [1.807, 2.05) is 22.6 Å². The Bertz CT molecular complexity index is 1210. The number of amides is 3. The molecule has 3 N–H and O–H groups in total. The van der Waals surface area contributed by atoms with Gasteiger partial charge in [-0.3, -0.25) is 9.78 Å². The number of rotatable bonds is 5. The van der Waals surface area contributed by atoms with Crippen molar-refractivity contribution in [2.24, 2.45) is 0 Å². The van der Waals surface area contributed by atoms with E-state index < -0.39 is 22.8 Å². The fourth-order valence-corrected chi connectivity index (χ4v) is 3.48. The minimum Gasteiger partial charge on any atom is -0.456 e. The van der Waals surface area contributed by atoms with Crippen molar-refractivity contribution < 1.29 is 27.5 Å². The zero-order valence-corrected chi connectivity index (χ0v) is 19.7. The average molecular weight is 591 g/mol. The van der Waals surface area contributed by atoms with Gasteiger partial charge in [-0.05, 0) is 65.1 Å². The minimum atomic E-state index is -4.65. The van der Waals surface area contributed by atoms with Crippen LogP contribution in [-0.4, -0.2) is 24.0 Å². The maximum Gasteiger partial charge on any atom is 0.417 e. The zero-order chi connectivity index (χ0) is 24.2. The molecule has 0 saturated heterocycles. The molecular formula is C21H15ClF3IN4O3. The van der Waals surface area contributed by atoms with Gasteiger partial charge in [0.1, 0.15) is 17.2 Å². The Labute approximate surface area is 204 Å². The van der Waals surface area contributed by atoms with E-state index in [4.69, 9.17) is 16.3 Å². The molecule has 1 aromatic heterocycles. The maximum atomic E-state index is 13.0. The molecule has 172 valence electrons. The van der Waals surface area contributed by atoms with E-state index in [1.165, 1.54) is 25.4 Å². The van der Waals surface area contributed by atoms with Crippen LogP contribution in [0.1, 0.15) is 16.1 Å². The van der Waals surface area contributed by atoms with Gasteiger partial charge in [0.2, 0.25) is 0 Å². The maximum absolute atomic E-state index is 13.0. The molecule has 33 heavy (non-hydrogen) atoms. The van der Waals surface area contributed by atoms with Gasteiger partial charge in [0, 0.05) is 30.7 Å². The molecule has 2 aromatic carbocycles. The van der Waals surface area contributed by atoms with Crippen molar-refractivity contribution >= 4 is 57.5 Å². The lowest BCUT2D eigenvalue weighted by molar-refractivity contribution is -0.137. The number of urea groups is 1. The predicted molar refractivity (Wildman–Crippen MR) is 126 cm³/mol. The van der Waals surface area contributed by atoms with Crippen LogP contribution in [0.15, 0.2) is 54.7 Å². The third-order valence-corrected chi connectivity index (χ3v) is 5.31. The molecule has 0 saturated carbocycles. The van der Waals surface area contributed by atoms with Gasteiger partial charge >= 0.3 is 12.2 Å². The van der Waals surface area contributed by atoms with Crippen molar-refractivity contribution in [3.63, 3.8) is 0 Å². The van der Waals surface area contributed by atoms with E-state index >= 15 is 0 Å². The molecule has 0 aliphatic heterocycles. The van der Waals surface area contributed by atoms with Crippen LogP contribution in [0.2, 0.25) is 5.02 Å². The van der Waals surface area contributed by atoms with Crippen molar-refractivity contribution in [3.8, 4) is 11.5 Å². The highest BCUT2D eigenvalue weighted by atomic mass is 127. The third kappa shape index (κ3) is 6.48. The first kappa shape index (κ1) is 24.6. The average Bonchev–Trinajstić information content (AvgIpc) is 2.76. The molecule has 0 spiro atoms. The topological polar surface area (TPSA) is 92.4 Å². The number of nitrogens with zero attached hydrogens (tertiary/aromatic N) is 1. The second-order valence-corrected chi connectivity index (χ2v) is 8.04. The van der Waals surface area contributed by atoms with Gasteiger partial charge in [0.25, 0.3) is 5.91 Å². The molecule has 0 fully saturated rings. The first-order valence-electron chi connectivity index (χ1n) is 9.17. The molecule has 3 aromatic rings. The number of alkyl halides is 3. The Hall–Kier alpha value is -3.06. The quantitative estimate of drug-likeness (QED) is 0.311. The molecule has 0 atom stereocenters. The van der Waals surface area contributed by atoms with E-state index in [0.29, 0.717) is 20.8 Å². The van der Waals surface area contributed by atoms with Crippen LogP contribution in [-0.2, 0) is 6.18 Å². The van der Waals surface area contributed by atoms with Crippen LogP contribution < -0.4 is 20.7 Å². The second kappa shape index (κ2) is 10.3. The third-order valence-electron chi connectivity index (χ3n) is 4.14. The fourth-order valence-electron chi connectivity index (χ4n) is 2.63. The summed E-state index contributed by atoms with van der Waals surface area (Å²) in [5.41, 5.74) is -0.539. The number of nitrogens with one attached hydrogen (secondary N) is 3. The molecule has 7 nitrogen and oxygen atoms in total.